The van der Waals surface area contributed by atoms with E-state index in [1.165, 1.54) is 0 Å². The lowest BCUT2D eigenvalue weighted by Gasteiger charge is -2.40. The zero-order chi connectivity index (χ0) is 9.99. The van der Waals surface area contributed by atoms with Gasteiger partial charge in [-0.25, -0.2) is 0 Å². The van der Waals surface area contributed by atoms with Crippen LogP contribution in [-0.4, -0.2) is 17.8 Å². The molecule has 0 saturated carbocycles. The Balaban J connectivity index is 4.22. The summed E-state index contributed by atoms with van der Waals surface area (Å²) in [5.41, 5.74) is 6.12. The van der Waals surface area contributed by atoms with Crippen molar-refractivity contribution in [2.24, 2.45) is 16.6 Å². The quantitative estimate of drug-likeness (QED) is 0.683. The lowest BCUT2D eigenvalue weighted by molar-refractivity contribution is 0.0965. The van der Waals surface area contributed by atoms with Crippen molar-refractivity contribution >= 4 is 0 Å². The van der Waals surface area contributed by atoms with E-state index in [0.29, 0.717) is 0 Å². The van der Waals surface area contributed by atoms with Crippen molar-refractivity contribution in [1.29, 1.82) is 0 Å². The average molecular weight is 173 g/mol. The van der Waals surface area contributed by atoms with E-state index in [4.69, 9.17) is 10.8 Å². The Morgan fingerprint density at radius 3 is 1.83 bits per heavy atom. The molecule has 0 aromatic rings. The first kappa shape index (κ1) is 11.9. The third-order valence-corrected chi connectivity index (χ3v) is 3.04. The molecule has 12 heavy (non-hydrogen) atoms. The zero-order valence-corrected chi connectivity index (χ0v) is 9.02. The molecular formula is C10H23NO. The van der Waals surface area contributed by atoms with Gasteiger partial charge >= 0.3 is 0 Å². The zero-order valence-electron chi connectivity index (χ0n) is 9.02. The number of aliphatic hydroxyl groups excluding tert-OH is 1. The van der Waals surface area contributed by atoms with E-state index >= 15 is 0 Å². The summed E-state index contributed by atoms with van der Waals surface area (Å²) in [6.45, 7) is 11.1. The van der Waals surface area contributed by atoms with Crippen molar-refractivity contribution in [3.05, 3.63) is 0 Å². The molecule has 0 fully saturated rings. The molecule has 0 aromatic carbocycles. The fourth-order valence-corrected chi connectivity index (χ4v) is 1.03. The van der Waals surface area contributed by atoms with Crippen LogP contribution in [0.15, 0.2) is 0 Å². The summed E-state index contributed by atoms with van der Waals surface area (Å²) in [5, 5.41) is 8.84. The van der Waals surface area contributed by atoms with Gasteiger partial charge in [0.05, 0.1) is 6.61 Å². The maximum atomic E-state index is 8.84. The molecule has 0 saturated heterocycles. The van der Waals surface area contributed by atoms with Gasteiger partial charge in [0.15, 0.2) is 0 Å². The first-order valence-electron chi connectivity index (χ1n) is 4.57. The molecular weight excluding hydrogens is 150 g/mol. The molecule has 0 radical (unpaired) electrons. The van der Waals surface area contributed by atoms with Crippen molar-refractivity contribution < 1.29 is 5.11 Å². The predicted octanol–water partition coefficient (Wildman–Crippen LogP) is 1.77. The molecule has 0 aliphatic heterocycles. The van der Waals surface area contributed by atoms with Gasteiger partial charge in [0.2, 0.25) is 0 Å². The van der Waals surface area contributed by atoms with Gasteiger partial charge in [0.1, 0.15) is 0 Å². The minimum absolute atomic E-state index is 0.0828. The molecule has 1 atom stereocenters. The van der Waals surface area contributed by atoms with Crippen molar-refractivity contribution in [3.63, 3.8) is 0 Å². The number of hydrogen-bond acceptors (Lipinski definition) is 2. The van der Waals surface area contributed by atoms with E-state index in [9.17, 15) is 0 Å². The minimum atomic E-state index is -0.0841. The summed E-state index contributed by atoms with van der Waals surface area (Å²) < 4.78 is 0. The Morgan fingerprint density at radius 2 is 1.58 bits per heavy atom. The molecule has 74 valence electrons. The van der Waals surface area contributed by atoms with E-state index in [-0.39, 0.29) is 23.5 Å². The number of nitrogens with two attached hydrogens (primary N) is 1. The van der Waals surface area contributed by atoms with Crippen LogP contribution in [0.5, 0.6) is 0 Å². The molecule has 0 heterocycles. The Hall–Kier alpha value is -0.0800. The van der Waals surface area contributed by atoms with E-state index in [2.05, 4.69) is 34.6 Å². The highest BCUT2D eigenvalue weighted by atomic mass is 16.3. The number of hydrogen-bond donors (Lipinski definition) is 2. The van der Waals surface area contributed by atoms with Crippen molar-refractivity contribution in [2.75, 3.05) is 6.61 Å². The van der Waals surface area contributed by atoms with Crippen LogP contribution in [0.1, 0.15) is 41.0 Å². The topological polar surface area (TPSA) is 46.2 Å². The Kier molecular flexibility index (Phi) is 3.73. The molecule has 2 heteroatoms. The van der Waals surface area contributed by atoms with Crippen molar-refractivity contribution in [1.82, 2.24) is 0 Å². The number of rotatable bonds is 3. The normalized spacial score (nSPS) is 16.2. The summed E-state index contributed by atoms with van der Waals surface area (Å²) in [5.74, 6) is 0. The summed E-state index contributed by atoms with van der Waals surface area (Å²) in [6.07, 6.45) is 0.868. The predicted molar refractivity (Wildman–Crippen MR) is 52.9 cm³/mol. The van der Waals surface area contributed by atoms with Gasteiger partial charge in [-0.05, 0) is 17.3 Å². The summed E-state index contributed by atoms with van der Waals surface area (Å²) >= 11 is 0. The third kappa shape index (κ3) is 3.11. The summed E-state index contributed by atoms with van der Waals surface area (Å²) in [4.78, 5) is 0. The van der Waals surface area contributed by atoms with Gasteiger partial charge in [-0.2, -0.15) is 0 Å². The Bertz CT molecular complexity index is 135. The lowest BCUT2D eigenvalue weighted by Crippen LogP contribution is -2.38. The monoisotopic (exact) mass is 173 g/mol. The second kappa shape index (κ2) is 3.75. The third-order valence-electron chi connectivity index (χ3n) is 3.04. The van der Waals surface area contributed by atoms with Gasteiger partial charge in [-0.15, -0.1) is 0 Å². The highest BCUT2D eigenvalue weighted by molar-refractivity contribution is 4.85. The fraction of sp³-hybridized carbons (Fsp3) is 1.00. The first-order valence-corrected chi connectivity index (χ1v) is 4.57. The van der Waals surface area contributed by atoms with Crippen molar-refractivity contribution in [2.45, 2.75) is 47.1 Å². The Morgan fingerprint density at radius 1 is 1.17 bits per heavy atom. The standard InChI is InChI=1S/C10H23NO/c1-9(2,3)10(4,5)6-8(11)7-12/h8,12H,6-7,11H2,1-5H3. The van der Waals surface area contributed by atoms with Gasteiger partial charge in [-0.1, -0.05) is 34.6 Å². The van der Waals surface area contributed by atoms with Crippen molar-refractivity contribution in [3.8, 4) is 0 Å². The van der Waals surface area contributed by atoms with Crippen LogP contribution in [0.3, 0.4) is 0 Å². The van der Waals surface area contributed by atoms with Crippen LogP contribution >= 0.6 is 0 Å². The van der Waals surface area contributed by atoms with E-state index in [0.717, 1.165) is 6.42 Å². The highest BCUT2D eigenvalue weighted by Crippen LogP contribution is 2.41. The van der Waals surface area contributed by atoms with Gasteiger partial charge in [0.25, 0.3) is 0 Å². The van der Waals surface area contributed by atoms with Crippen LogP contribution in [0.25, 0.3) is 0 Å². The molecule has 0 amide bonds. The second-order valence-corrected chi connectivity index (χ2v) is 5.28. The molecule has 0 aromatic heterocycles. The molecule has 0 rings (SSSR count). The summed E-state index contributed by atoms with van der Waals surface area (Å²) in [6, 6.07) is -0.0841. The second-order valence-electron chi connectivity index (χ2n) is 5.28. The van der Waals surface area contributed by atoms with E-state index in [1.54, 1.807) is 0 Å². The van der Waals surface area contributed by atoms with Crippen LogP contribution in [0.2, 0.25) is 0 Å². The van der Waals surface area contributed by atoms with Gasteiger partial charge < -0.3 is 10.8 Å². The highest BCUT2D eigenvalue weighted by Gasteiger charge is 2.33. The average Bonchev–Trinajstić information content (AvgIpc) is 1.84. The van der Waals surface area contributed by atoms with E-state index in [1.807, 2.05) is 0 Å². The molecule has 3 N–H and O–H groups in total. The first-order chi connectivity index (χ1) is 5.20. The van der Waals surface area contributed by atoms with Crippen LogP contribution < -0.4 is 5.73 Å². The molecule has 1 unspecified atom stereocenters. The largest absolute Gasteiger partial charge is 0.395 e. The minimum Gasteiger partial charge on any atom is -0.395 e. The maximum Gasteiger partial charge on any atom is 0.0582 e. The maximum absolute atomic E-state index is 8.84. The molecule has 0 spiro atoms. The molecule has 0 aliphatic carbocycles. The Labute approximate surface area is 76.2 Å². The van der Waals surface area contributed by atoms with Gasteiger partial charge in [0, 0.05) is 6.04 Å². The smallest absolute Gasteiger partial charge is 0.0582 e. The SMILES string of the molecule is CC(C)(C)C(C)(C)CC(N)CO. The molecule has 2 nitrogen and oxygen atoms in total. The van der Waals surface area contributed by atoms with Gasteiger partial charge in [-0.3, -0.25) is 0 Å². The summed E-state index contributed by atoms with van der Waals surface area (Å²) in [7, 11) is 0. The van der Waals surface area contributed by atoms with Crippen LogP contribution in [0.4, 0.5) is 0 Å². The lowest BCUT2D eigenvalue weighted by atomic mass is 9.66. The van der Waals surface area contributed by atoms with Crippen LogP contribution in [-0.2, 0) is 0 Å². The van der Waals surface area contributed by atoms with Crippen LogP contribution in [0, 0.1) is 10.8 Å². The fourth-order valence-electron chi connectivity index (χ4n) is 1.03. The molecule has 0 bridgehead atoms. The van der Waals surface area contributed by atoms with E-state index < -0.39 is 0 Å². The molecule has 0 aliphatic rings. The number of aliphatic hydroxyl groups is 1.